The van der Waals surface area contributed by atoms with Gasteiger partial charge in [0.25, 0.3) is 0 Å². The van der Waals surface area contributed by atoms with E-state index in [1.54, 1.807) is 13.0 Å². The predicted octanol–water partition coefficient (Wildman–Crippen LogP) is 1.91. The number of ether oxygens (including phenoxy) is 1. The molecule has 1 heterocycles. The Morgan fingerprint density at radius 2 is 2.17 bits per heavy atom. The largest absolute Gasteiger partial charge is 0.481 e. The summed E-state index contributed by atoms with van der Waals surface area (Å²) in [7, 11) is 0. The maximum Gasteiger partial charge on any atom is 0.316 e. The van der Waals surface area contributed by atoms with Gasteiger partial charge in [-0.2, -0.15) is 0 Å². The van der Waals surface area contributed by atoms with Crippen molar-refractivity contribution in [1.82, 2.24) is 0 Å². The van der Waals surface area contributed by atoms with Gasteiger partial charge in [0.05, 0.1) is 12.0 Å². The molecule has 5 aliphatic rings. The summed E-state index contributed by atoms with van der Waals surface area (Å²) >= 11 is 0. The molecule has 1 aliphatic heterocycles. The van der Waals surface area contributed by atoms with Crippen LogP contribution in [0, 0.1) is 34.5 Å². The first-order valence-corrected chi connectivity index (χ1v) is 8.79. The highest BCUT2D eigenvalue weighted by Crippen LogP contribution is 2.76. The van der Waals surface area contributed by atoms with Crippen LogP contribution in [-0.4, -0.2) is 33.9 Å². The van der Waals surface area contributed by atoms with Crippen LogP contribution in [0.25, 0.3) is 0 Å². The van der Waals surface area contributed by atoms with E-state index in [9.17, 15) is 19.8 Å². The Bertz CT molecular complexity index is 725. The Labute approximate surface area is 140 Å². The summed E-state index contributed by atoms with van der Waals surface area (Å²) < 4.78 is 5.92. The van der Waals surface area contributed by atoms with E-state index in [1.807, 2.05) is 6.08 Å². The monoisotopic (exact) mass is 330 g/mol. The Morgan fingerprint density at radius 1 is 1.42 bits per heavy atom. The molecule has 4 fully saturated rings. The molecule has 0 aromatic rings. The molecule has 128 valence electrons. The minimum Gasteiger partial charge on any atom is -0.481 e. The van der Waals surface area contributed by atoms with Gasteiger partial charge < -0.3 is 14.9 Å². The molecule has 4 bridgehead atoms. The zero-order valence-electron chi connectivity index (χ0n) is 13.7. The highest BCUT2D eigenvalue weighted by atomic mass is 16.6. The molecule has 4 aliphatic carbocycles. The zero-order valence-corrected chi connectivity index (χ0v) is 13.7. The van der Waals surface area contributed by atoms with Crippen LogP contribution in [0.1, 0.15) is 32.6 Å². The van der Waals surface area contributed by atoms with Gasteiger partial charge in [0, 0.05) is 11.8 Å². The van der Waals surface area contributed by atoms with Crippen LogP contribution in [0.15, 0.2) is 24.3 Å². The lowest BCUT2D eigenvalue weighted by atomic mass is 9.61. The Kier molecular flexibility index (Phi) is 2.42. The van der Waals surface area contributed by atoms with Crippen LogP contribution < -0.4 is 0 Å². The summed E-state index contributed by atoms with van der Waals surface area (Å²) in [6.45, 7) is 5.88. The Hall–Kier alpha value is -1.62. The standard InChI is InChI=1S/C19H22O5/c1-9-7-18-8-10(9)3-4-11(18)19-6-5-12(20)17(2,16(23)24-19)14(19)13(18)15(21)22/h5-6,10-14,20H,1,3-4,7-8H2,2H3,(H,21,22). The van der Waals surface area contributed by atoms with E-state index in [1.165, 1.54) is 0 Å². The number of hydrogen-bond acceptors (Lipinski definition) is 4. The number of hydrogen-bond donors (Lipinski definition) is 2. The molecule has 5 rings (SSSR count). The normalized spacial score (nSPS) is 56.8. The summed E-state index contributed by atoms with van der Waals surface area (Å²) in [6, 6.07) is 0. The topological polar surface area (TPSA) is 83.8 Å². The van der Waals surface area contributed by atoms with Crippen molar-refractivity contribution in [3.05, 3.63) is 24.3 Å². The number of allylic oxidation sites excluding steroid dienone is 1. The van der Waals surface area contributed by atoms with Crippen molar-refractivity contribution in [2.45, 2.75) is 44.3 Å². The number of carboxylic acid groups (broad SMARTS) is 1. The number of aliphatic hydroxyl groups excluding tert-OH is 1. The fourth-order valence-corrected chi connectivity index (χ4v) is 7.14. The van der Waals surface area contributed by atoms with Crippen molar-refractivity contribution in [3.63, 3.8) is 0 Å². The van der Waals surface area contributed by atoms with Gasteiger partial charge in [0.2, 0.25) is 0 Å². The lowest BCUT2D eigenvalue weighted by Crippen LogP contribution is -2.50. The SMILES string of the molecule is C=C1CC23CC1CCC2C12C=CC(O)C(C)(C(=O)O1)C2C3C(=O)O. The molecule has 0 amide bonds. The summed E-state index contributed by atoms with van der Waals surface area (Å²) in [5.74, 6) is -2.12. The fourth-order valence-electron chi connectivity index (χ4n) is 7.14. The lowest BCUT2D eigenvalue weighted by Gasteiger charge is -2.42. The molecule has 5 nitrogen and oxygen atoms in total. The van der Waals surface area contributed by atoms with E-state index < -0.39 is 46.3 Å². The third kappa shape index (κ3) is 1.25. The van der Waals surface area contributed by atoms with Crippen molar-refractivity contribution < 1.29 is 24.5 Å². The van der Waals surface area contributed by atoms with Crippen LogP contribution >= 0.6 is 0 Å². The molecule has 0 aromatic heterocycles. The van der Waals surface area contributed by atoms with E-state index >= 15 is 0 Å². The molecule has 8 atom stereocenters. The molecule has 5 heteroatoms. The van der Waals surface area contributed by atoms with Gasteiger partial charge in [-0.1, -0.05) is 18.2 Å². The third-order valence-corrected chi connectivity index (χ3v) is 8.02. The summed E-state index contributed by atoms with van der Waals surface area (Å²) in [4.78, 5) is 25.0. The van der Waals surface area contributed by atoms with Gasteiger partial charge in [-0.3, -0.25) is 9.59 Å². The van der Waals surface area contributed by atoms with Gasteiger partial charge in [-0.05, 0) is 50.0 Å². The van der Waals surface area contributed by atoms with E-state index in [0.717, 1.165) is 24.8 Å². The molecule has 0 aromatic carbocycles. The van der Waals surface area contributed by atoms with Crippen molar-refractivity contribution >= 4 is 11.9 Å². The Morgan fingerprint density at radius 3 is 2.88 bits per heavy atom. The minimum absolute atomic E-state index is 0.00104. The molecule has 3 saturated carbocycles. The number of aliphatic carboxylic acids is 1. The molecule has 8 unspecified atom stereocenters. The number of carboxylic acids is 1. The van der Waals surface area contributed by atoms with Gasteiger partial charge in [0.15, 0.2) is 0 Å². The average Bonchev–Trinajstić information content (AvgIpc) is 2.98. The van der Waals surface area contributed by atoms with Gasteiger partial charge in [-0.25, -0.2) is 0 Å². The summed E-state index contributed by atoms with van der Waals surface area (Å²) in [5, 5.41) is 20.7. The maximum atomic E-state index is 12.7. The fraction of sp³-hybridized carbons (Fsp3) is 0.684. The van der Waals surface area contributed by atoms with Crippen molar-refractivity contribution in [1.29, 1.82) is 0 Å². The second-order valence-electron chi connectivity index (χ2n) is 8.72. The first-order chi connectivity index (χ1) is 11.3. The molecule has 2 N–H and O–H groups in total. The van der Waals surface area contributed by atoms with Gasteiger partial charge >= 0.3 is 11.9 Å². The average molecular weight is 330 g/mol. The number of aliphatic hydroxyl groups is 1. The number of rotatable bonds is 1. The van der Waals surface area contributed by atoms with Crippen LogP contribution in [-0.2, 0) is 14.3 Å². The van der Waals surface area contributed by atoms with Crippen LogP contribution in [0.5, 0.6) is 0 Å². The first kappa shape index (κ1) is 14.7. The maximum absolute atomic E-state index is 12.7. The molecule has 24 heavy (non-hydrogen) atoms. The highest BCUT2D eigenvalue weighted by molar-refractivity contribution is 5.86. The van der Waals surface area contributed by atoms with E-state index in [2.05, 4.69) is 6.58 Å². The van der Waals surface area contributed by atoms with Gasteiger partial charge in [-0.15, -0.1) is 0 Å². The number of carbonyl (C=O) groups excluding carboxylic acids is 1. The smallest absolute Gasteiger partial charge is 0.316 e. The number of esters is 1. The van der Waals surface area contributed by atoms with Crippen LogP contribution in [0.3, 0.4) is 0 Å². The molecular weight excluding hydrogens is 308 g/mol. The minimum atomic E-state index is -1.18. The van der Waals surface area contributed by atoms with Crippen molar-refractivity contribution in [3.8, 4) is 0 Å². The van der Waals surface area contributed by atoms with E-state index in [-0.39, 0.29) is 5.92 Å². The van der Waals surface area contributed by atoms with E-state index in [0.29, 0.717) is 12.3 Å². The van der Waals surface area contributed by atoms with Gasteiger partial charge in [0.1, 0.15) is 11.0 Å². The third-order valence-electron chi connectivity index (χ3n) is 8.02. The summed E-state index contributed by atoms with van der Waals surface area (Å²) in [5.41, 5.74) is -1.30. The number of carbonyl (C=O) groups is 2. The second-order valence-corrected chi connectivity index (χ2v) is 8.72. The lowest BCUT2D eigenvalue weighted by molar-refractivity contribution is -0.161. The molecule has 1 spiro atoms. The predicted molar refractivity (Wildman–Crippen MR) is 83.7 cm³/mol. The van der Waals surface area contributed by atoms with Crippen molar-refractivity contribution in [2.24, 2.45) is 34.5 Å². The zero-order chi connectivity index (χ0) is 17.1. The molecule has 1 saturated heterocycles. The Balaban J connectivity index is 1.78. The highest BCUT2D eigenvalue weighted by Gasteiger charge is 2.82. The van der Waals surface area contributed by atoms with Crippen molar-refractivity contribution in [2.75, 3.05) is 0 Å². The summed E-state index contributed by atoms with van der Waals surface area (Å²) in [6.07, 6.45) is 5.83. The quantitative estimate of drug-likeness (QED) is 0.567. The molecular formula is C19H22O5. The van der Waals surface area contributed by atoms with Crippen LogP contribution in [0.2, 0.25) is 0 Å². The molecule has 0 radical (unpaired) electrons. The second kappa shape index (κ2) is 3.96. The van der Waals surface area contributed by atoms with Crippen LogP contribution in [0.4, 0.5) is 0 Å². The van der Waals surface area contributed by atoms with E-state index in [4.69, 9.17) is 4.74 Å². The first-order valence-electron chi connectivity index (χ1n) is 8.79. The number of fused-ring (bicyclic) bond motifs is 1.